The van der Waals surface area contributed by atoms with Crippen LogP contribution in [0.25, 0.3) is 0 Å². The Balaban J connectivity index is 1.61. The van der Waals surface area contributed by atoms with Crippen LogP contribution < -0.4 is 5.32 Å². The van der Waals surface area contributed by atoms with Crippen LogP contribution in [0.2, 0.25) is 0 Å². The zero-order chi connectivity index (χ0) is 16.8. The number of carbonyl (C=O) groups excluding carboxylic acids is 1. The van der Waals surface area contributed by atoms with E-state index in [2.05, 4.69) is 27.1 Å². The normalized spacial score (nSPS) is 20.6. The topological polar surface area (TPSA) is 61.4 Å². The van der Waals surface area contributed by atoms with Crippen LogP contribution in [0.4, 0.5) is 5.82 Å². The smallest absolute Gasteiger partial charge is 0.272 e. The van der Waals surface area contributed by atoms with Gasteiger partial charge in [-0.25, -0.2) is 9.97 Å². The summed E-state index contributed by atoms with van der Waals surface area (Å²) in [7, 11) is 0. The number of hydrogen-bond donors (Lipinski definition) is 1. The summed E-state index contributed by atoms with van der Waals surface area (Å²) in [5.74, 6) is 0.810. The lowest BCUT2D eigenvalue weighted by Gasteiger charge is -2.33. The molecule has 3 rings (SSSR count). The molecule has 0 bridgehead atoms. The maximum absolute atomic E-state index is 12.7. The van der Waals surface area contributed by atoms with Crippen molar-refractivity contribution in [3.8, 4) is 0 Å². The number of piperazine rings is 1. The Morgan fingerprint density at radius 2 is 1.83 bits per heavy atom. The number of aromatic nitrogens is 2. The highest BCUT2D eigenvalue weighted by Gasteiger charge is 2.23. The Labute approximate surface area is 144 Å². The van der Waals surface area contributed by atoms with E-state index < -0.39 is 0 Å². The van der Waals surface area contributed by atoms with Crippen molar-refractivity contribution in [3.05, 3.63) is 18.1 Å². The molecule has 0 atom stereocenters. The number of anilines is 1. The molecular formula is C18H29N5O. The summed E-state index contributed by atoms with van der Waals surface area (Å²) in [6.45, 7) is 6.66. The van der Waals surface area contributed by atoms with Gasteiger partial charge < -0.3 is 15.1 Å². The van der Waals surface area contributed by atoms with Crippen molar-refractivity contribution in [2.24, 2.45) is 0 Å². The minimum absolute atomic E-state index is 0.0251. The van der Waals surface area contributed by atoms with E-state index in [0.29, 0.717) is 11.7 Å². The molecule has 1 saturated carbocycles. The Bertz CT molecular complexity index is 534. The van der Waals surface area contributed by atoms with E-state index in [1.807, 2.05) is 11.0 Å². The number of likely N-dealkylation sites (N-methyl/N-ethyl adjacent to an activating group) is 1. The van der Waals surface area contributed by atoms with E-state index >= 15 is 0 Å². The second-order valence-corrected chi connectivity index (χ2v) is 6.85. The van der Waals surface area contributed by atoms with Crippen LogP contribution >= 0.6 is 0 Å². The standard InChI is InChI=1S/C18H29N5O/c1-2-22-9-11-23(12-10-22)18(24)16-13-17(20-14-19-16)21-15-7-5-3-4-6-8-15/h13-15H,2-12H2,1H3,(H,19,20,21). The lowest BCUT2D eigenvalue weighted by Crippen LogP contribution is -2.48. The molecule has 1 N–H and O–H groups in total. The van der Waals surface area contributed by atoms with Crippen molar-refractivity contribution in [3.63, 3.8) is 0 Å². The van der Waals surface area contributed by atoms with E-state index in [1.165, 1.54) is 44.9 Å². The monoisotopic (exact) mass is 331 g/mol. The van der Waals surface area contributed by atoms with E-state index in [-0.39, 0.29) is 5.91 Å². The van der Waals surface area contributed by atoms with Gasteiger partial charge in [0.25, 0.3) is 5.91 Å². The summed E-state index contributed by atoms with van der Waals surface area (Å²) in [5.41, 5.74) is 0.506. The van der Waals surface area contributed by atoms with Crippen molar-refractivity contribution in [1.82, 2.24) is 19.8 Å². The SMILES string of the molecule is CCN1CCN(C(=O)c2cc(NC3CCCCCC3)ncn2)CC1. The van der Waals surface area contributed by atoms with Crippen LogP contribution in [0.15, 0.2) is 12.4 Å². The predicted octanol–water partition coefficient (Wildman–Crippen LogP) is 2.39. The lowest BCUT2D eigenvalue weighted by atomic mass is 10.1. The molecule has 1 amide bonds. The first-order chi connectivity index (χ1) is 11.8. The Morgan fingerprint density at radius 3 is 2.50 bits per heavy atom. The molecule has 0 radical (unpaired) electrons. The molecule has 2 fully saturated rings. The second kappa shape index (κ2) is 8.42. The molecule has 1 aromatic rings. The van der Waals surface area contributed by atoms with Crippen LogP contribution in [0.5, 0.6) is 0 Å². The summed E-state index contributed by atoms with van der Waals surface area (Å²) >= 11 is 0. The largest absolute Gasteiger partial charge is 0.367 e. The van der Waals surface area contributed by atoms with Gasteiger partial charge in [-0.2, -0.15) is 0 Å². The molecule has 6 heteroatoms. The fourth-order valence-electron chi connectivity index (χ4n) is 3.62. The summed E-state index contributed by atoms with van der Waals surface area (Å²) in [4.78, 5) is 25.5. The molecule has 0 aromatic carbocycles. The summed E-state index contributed by atoms with van der Waals surface area (Å²) in [6, 6.07) is 2.29. The average molecular weight is 331 g/mol. The van der Waals surface area contributed by atoms with E-state index in [9.17, 15) is 4.79 Å². The molecule has 1 aliphatic carbocycles. The molecule has 1 saturated heterocycles. The van der Waals surface area contributed by atoms with Crippen LogP contribution in [-0.4, -0.2) is 64.4 Å². The maximum Gasteiger partial charge on any atom is 0.272 e. The zero-order valence-corrected chi connectivity index (χ0v) is 14.7. The first kappa shape index (κ1) is 17.1. The van der Waals surface area contributed by atoms with Gasteiger partial charge in [-0.3, -0.25) is 4.79 Å². The van der Waals surface area contributed by atoms with Gasteiger partial charge in [0.05, 0.1) is 0 Å². The summed E-state index contributed by atoms with van der Waals surface area (Å²) < 4.78 is 0. The summed E-state index contributed by atoms with van der Waals surface area (Å²) in [5, 5.41) is 3.51. The Morgan fingerprint density at radius 1 is 1.12 bits per heavy atom. The number of nitrogens with one attached hydrogen (secondary N) is 1. The minimum atomic E-state index is 0.0251. The van der Waals surface area contributed by atoms with E-state index in [1.54, 1.807) is 0 Å². The van der Waals surface area contributed by atoms with Gasteiger partial charge in [-0.1, -0.05) is 32.6 Å². The fraction of sp³-hybridized carbons (Fsp3) is 0.722. The molecule has 24 heavy (non-hydrogen) atoms. The third kappa shape index (κ3) is 4.44. The van der Waals surface area contributed by atoms with Crippen LogP contribution in [0.3, 0.4) is 0 Å². The van der Waals surface area contributed by atoms with Gasteiger partial charge in [-0.15, -0.1) is 0 Å². The third-order valence-corrected chi connectivity index (χ3v) is 5.20. The molecule has 2 aliphatic rings. The van der Waals surface area contributed by atoms with Crippen molar-refractivity contribution < 1.29 is 4.79 Å². The quantitative estimate of drug-likeness (QED) is 0.859. The molecule has 2 heterocycles. The van der Waals surface area contributed by atoms with Crippen molar-refractivity contribution in [1.29, 1.82) is 0 Å². The van der Waals surface area contributed by atoms with Crippen molar-refractivity contribution in [2.75, 3.05) is 38.0 Å². The first-order valence-corrected chi connectivity index (χ1v) is 9.36. The number of hydrogen-bond acceptors (Lipinski definition) is 5. The molecule has 1 aromatic heterocycles. The third-order valence-electron chi connectivity index (χ3n) is 5.20. The molecule has 0 spiro atoms. The number of rotatable bonds is 4. The average Bonchev–Trinajstić information content (AvgIpc) is 2.90. The van der Waals surface area contributed by atoms with E-state index in [0.717, 1.165) is 38.5 Å². The zero-order valence-electron chi connectivity index (χ0n) is 14.7. The number of nitrogens with zero attached hydrogens (tertiary/aromatic N) is 4. The fourth-order valence-corrected chi connectivity index (χ4v) is 3.62. The maximum atomic E-state index is 12.7. The van der Waals surface area contributed by atoms with Gasteiger partial charge in [-0.05, 0) is 19.4 Å². The lowest BCUT2D eigenvalue weighted by molar-refractivity contribution is 0.0637. The molecule has 0 unspecified atom stereocenters. The highest BCUT2D eigenvalue weighted by atomic mass is 16.2. The number of carbonyl (C=O) groups is 1. The highest BCUT2D eigenvalue weighted by Crippen LogP contribution is 2.20. The molecular weight excluding hydrogens is 302 g/mol. The Kier molecular flexibility index (Phi) is 6.01. The Hall–Kier alpha value is -1.69. The molecule has 1 aliphatic heterocycles. The van der Waals surface area contributed by atoms with Gasteiger partial charge in [0.1, 0.15) is 17.8 Å². The van der Waals surface area contributed by atoms with E-state index in [4.69, 9.17) is 0 Å². The van der Waals surface area contributed by atoms with Crippen LogP contribution in [0, 0.1) is 0 Å². The minimum Gasteiger partial charge on any atom is -0.367 e. The summed E-state index contributed by atoms with van der Waals surface area (Å²) in [6.07, 6.45) is 9.09. The van der Waals surface area contributed by atoms with Crippen LogP contribution in [-0.2, 0) is 0 Å². The van der Waals surface area contributed by atoms with Gasteiger partial charge in [0.15, 0.2) is 0 Å². The van der Waals surface area contributed by atoms with Crippen LogP contribution in [0.1, 0.15) is 55.9 Å². The molecule has 132 valence electrons. The second-order valence-electron chi connectivity index (χ2n) is 6.85. The van der Waals surface area contributed by atoms with Gasteiger partial charge >= 0.3 is 0 Å². The molecule has 6 nitrogen and oxygen atoms in total. The van der Waals surface area contributed by atoms with Gasteiger partial charge in [0.2, 0.25) is 0 Å². The van der Waals surface area contributed by atoms with Crippen molar-refractivity contribution >= 4 is 11.7 Å². The number of amides is 1. The first-order valence-electron chi connectivity index (χ1n) is 9.36. The van der Waals surface area contributed by atoms with Gasteiger partial charge in [0, 0.05) is 38.3 Å². The highest BCUT2D eigenvalue weighted by molar-refractivity contribution is 5.93. The van der Waals surface area contributed by atoms with Crippen molar-refractivity contribution in [2.45, 2.75) is 51.5 Å². The predicted molar refractivity (Wildman–Crippen MR) is 95.2 cm³/mol.